The van der Waals surface area contributed by atoms with E-state index in [2.05, 4.69) is 46.6 Å². The number of rotatable bonds is 7. The zero-order chi connectivity index (χ0) is 27.3. The van der Waals surface area contributed by atoms with Gasteiger partial charge in [-0.15, -0.1) is 10.2 Å². The lowest BCUT2D eigenvalue weighted by Crippen LogP contribution is -1.87. The van der Waals surface area contributed by atoms with Crippen LogP contribution < -0.4 is 9.47 Å². The lowest BCUT2D eigenvalue weighted by atomic mass is 9.91. The summed E-state index contributed by atoms with van der Waals surface area (Å²) in [6.45, 7) is 0. The molecule has 0 aliphatic carbocycles. The van der Waals surface area contributed by atoms with E-state index in [4.69, 9.17) is 19.7 Å². The van der Waals surface area contributed by atoms with Gasteiger partial charge in [0.05, 0.1) is 37.0 Å². The predicted octanol–water partition coefficient (Wildman–Crippen LogP) is 10.5. The first-order chi connectivity index (χ1) is 19.7. The van der Waals surface area contributed by atoms with Crippen molar-refractivity contribution in [2.24, 2.45) is 20.5 Å². The van der Waals surface area contributed by atoms with Gasteiger partial charge in [-0.2, -0.15) is 10.2 Å². The molecule has 0 amide bonds. The maximum absolute atomic E-state index is 5.28. The molecule has 0 radical (unpaired) electrons. The Bertz CT molecular complexity index is 1720. The Morgan fingerprint density at radius 3 is 1.20 bits per heavy atom. The minimum absolute atomic E-state index is 0.734. The molecule has 6 nitrogen and oxygen atoms in total. The fourth-order valence-corrected chi connectivity index (χ4v) is 4.73. The molecular weight excluding hydrogens is 496 g/mol. The van der Waals surface area contributed by atoms with E-state index in [0.717, 1.165) is 66.9 Å². The topological polar surface area (TPSA) is 67.9 Å². The average Bonchev–Trinajstić information content (AvgIpc) is 3.03. The van der Waals surface area contributed by atoms with Crippen LogP contribution in [0.1, 0.15) is 0 Å². The van der Waals surface area contributed by atoms with Gasteiger partial charge in [-0.05, 0) is 82.2 Å². The van der Waals surface area contributed by atoms with Crippen LogP contribution in [0.2, 0.25) is 0 Å². The van der Waals surface area contributed by atoms with Crippen molar-refractivity contribution in [2.45, 2.75) is 0 Å². The molecule has 6 aromatic rings. The van der Waals surface area contributed by atoms with Gasteiger partial charge in [0.2, 0.25) is 0 Å². The molecule has 194 valence electrons. The van der Waals surface area contributed by atoms with Gasteiger partial charge in [0.1, 0.15) is 11.5 Å². The van der Waals surface area contributed by atoms with Gasteiger partial charge >= 0.3 is 0 Å². The highest BCUT2D eigenvalue weighted by Gasteiger charge is 2.17. The van der Waals surface area contributed by atoms with Gasteiger partial charge in [0, 0.05) is 11.1 Å². The molecular formula is C34H26N4O2. The third-order valence-corrected chi connectivity index (χ3v) is 6.76. The number of benzene rings is 6. The number of ether oxygens (including phenoxy) is 2. The molecule has 6 aromatic carbocycles. The fourth-order valence-electron chi connectivity index (χ4n) is 4.73. The lowest BCUT2D eigenvalue weighted by molar-refractivity contribution is 0.414. The van der Waals surface area contributed by atoms with Crippen molar-refractivity contribution in [3.63, 3.8) is 0 Å². The fraction of sp³-hybridized carbons (Fsp3) is 0.0588. The van der Waals surface area contributed by atoms with Crippen LogP contribution in [-0.4, -0.2) is 14.2 Å². The van der Waals surface area contributed by atoms with Crippen molar-refractivity contribution in [3.8, 4) is 22.6 Å². The Hall–Kier alpha value is -5.36. The second kappa shape index (κ2) is 11.2. The smallest absolute Gasteiger partial charge is 0.119 e. The van der Waals surface area contributed by atoms with Crippen LogP contribution in [-0.2, 0) is 0 Å². The van der Waals surface area contributed by atoms with E-state index in [1.54, 1.807) is 14.2 Å². The minimum Gasteiger partial charge on any atom is -0.497 e. The molecule has 0 fully saturated rings. The molecule has 0 saturated carbocycles. The quantitative estimate of drug-likeness (QED) is 0.196. The average molecular weight is 523 g/mol. The Morgan fingerprint density at radius 1 is 0.400 bits per heavy atom. The zero-order valence-electron chi connectivity index (χ0n) is 22.2. The Kier molecular flexibility index (Phi) is 6.97. The monoisotopic (exact) mass is 522 g/mol. The van der Waals surface area contributed by atoms with Gasteiger partial charge in [-0.3, -0.25) is 0 Å². The molecule has 0 N–H and O–H groups in total. The van der Waals surface area contributed by atoms with E-state index in [9.17, 15) is 0 Å². The Labute approximate surface area is 232 Å². The molecule has 0 bridgehead atoms. The summed E-state index contributed by atoms with van der Waals surface area (Å²) in [5.74, 6) is 1.54. The third-order valence-electron chi connectivity index (χ3n) is 6.76. The summed E-state index contributed by atoms with van der Waals surface area (Å²) in [4.78, 5) is 0. The SMILES string of the molecule is COc1ccc(N=Nc2ccc3ccccc3c2-c2c(N=Nc3ccc(OC)cc3)ccc3ccccc23)cc1. The Balaban J connectivity index is 1.56. The largest absolute Gasteiger partial charge is 0.497 e. The van der Waals surface area contributed by atoms with Crippen LogP contribution in [0.3, 0.4) is 0 Å². The molecule has 6 rings (SSSR count). The molecule has 0 aromatic heterocycles. The van der Waals surface area contributed by atoms with Crippen molar-refractivity contribution >= 4 is 44.3 Å². The van der Waals surface area contributed by atoms with E-state index in [1.807, 2.05) is 84.9 Å². The van der Waals surface area contributed by atoms with Crippen LogP contribution in [0.5, 0.6) is 11.5 Å². The second-order valence-electron chi connectivity index (χ2n) is 9.16. The molecule has 40 heavy (non-hydrogen) atoms. The molecule has 0 spiro atoms. The first kappa shape index (κ1) is 24.9. The number of fused-ring (bicyclic) bond motifs is 2. The highest BCUT2D eigenvalue weighted by atomic mass is 16.5. The number of hydrogen-bond acceptors (Lipinski definition) is 6. The third kappa shape index (κ3) is 5.02. The van der Waals surface area contributed by atoms with Gasteiger partial charge in [-0.25, -0.2) is 0 Å². The summed E-state index contributed by atoms with van der Waals surface area (Å²) in [5, 5.41) is 22.9. The van der Waals surface area contributed by atoms with E-state index >= 15 is 0 Å². The summed E-state index contributed by atoms with van der Waals surface area (Å²) >= 11 is 0. The summed E-state index contributed by atoms with van der Waals surface area (Å²) in [6.07, 6.45) is 0. The number of nitrogens with zero attached hydrogens (tertiary/aromatic N) is 4. The first-order valence-corrected chi connectivity index (χ1v) is 12.9. The molecule has 0 unspecified atom stereocenters. The van der Waals surface area contributed by atoms with E-state index < -0.39 is 0 Å². The van der Waals surface area contributed by atoms with Gasteiger partial charge in [0.25, 0.3) is 0 Å². The standard InChI is InChI=1S/C34H26N4O2/c1-39-27-17-13-25(14-18-27)35-37-31-21-11-23-7-3-5-9-29(23)33(31)34-30-10-6-4-8-24(30)12-22-32(34)38-36-26-15-19-28(40-2)20-16-26/h3-22H,1-2H3. The van der Waals surface area contributed by atoms with Crippen molar-refractivity contribution in [2.75, 3.05) is 14.2 Å². The summed E-state index contributed by atoms with van der Waals surface area (Å²) < 4.78 is 10.6. The highest BCUT2D eigenvalue weighted by Crippen LogP contribution is 2.46. The van der Waals surface area contributed by atoms with Crippen molar-refractivity contribution in [3.05, 3.63) is 121 Å². The first-order valence-electron chi connectivity index (χ1n) is 12.9. The number of azo groups is 2. The maximum atomic E-state index is 5.28. The zero-order valence-corrected chi connectivity index (χ0v) is 22.2. The number of methoxy groups -OCH3 is 2. The van der Waals surface area contributed by atoms with E-state index in [-0.39, 0.29) is 0 Å². The summed E-state index contributed by atoms with van der Waals surface area (Å²) in [5.41, 5.74) is 4.86. The van der Waals surface area contributed by atoms with Crippen LogP contribution in [0.15, 0.2) is 142 Å². The van der Waals surface area contributed by atoms with Crippen LogP contribution in [0.25, 0.3) is 32.7 Å². The van der Waals surface area contributed by atoms with Crippen LogP contribution >= 0.6 is 0 Å². The molecule has 0 saturated heterocycles. The van der Waals surface area contributed by atoms with Crippen molar-refractivity contribution in [1.82, 2.24) is 0 Å². The Morgan fingerprint density at radius 2 is 0.800 bits per heavy atom. The van der Waals surface area contributed by atoms with Crippen LogP contribution in [0.4, 0.5) is 22.7 Å². The van der Waals surface area contributed by atoms with Gasteiger partial charge in [-0.1, -0.05) is 60.7 Å². The molecule has 0 aliphatic rings. The summed E-state index contributed by atoms with van der Waals surface area (Å²) in [7, 11) is 3.29. The lowest BCUT2D eigenvalue weighted by Gasteiger charge is -2.15. The van der Waals surface area contributed by atoms with Crippen LogP contribution in [0, 0.1) is 0 Å². The summed E-state index contributed by atoms with van der Waals surface area (Å²) in [6, 6.07) is 39.8. The van der Waals surface area contributed by atoms with Gasteiger partial charge in [0.15, 0.2) is 0 Å². The molecule has 6 heteroatoms. The number of hydrogen-bond donors (Lipinski definition) is 0. The normalized spacial score (nSPS) is 11.6. The predicted molar refractivity (Wildman–Crippen MR) is 161 cm³/mol. The van der Waals surface area contributed by atoms with Gasteiger partial charge < -0.3 is 9.47 Å². The molecule has 0 heterocycles. The highest BCUT2D eigenvalue weighted by molar-refractivity contribution is 6.12. The van der Waals surface area contributed by atoms with E-state index in [0.29, 0.717) is 0 Å². The van der Waals surface area contributed by atoms with E-state index in [1.165, 1.54) is 0 Å². The minimum atomic E-state index is 0.734. The second-order valence-corrected chi connectivity index (χ2v) is 9.16. The molecule has 0 atom stereocenters. The van der Waals surface area contributed by atoms with Crippen molar-refractivity contribution in [1.29, 1.82) is 0 Å². The maximum Gasteiger partial charge on any atom is 0.119 e. The van der Waals surface area contributed by atoms with Crippen molar-refractivity contribution < 1.29 is 9.47 Å². The molecule has 0 aliphatic heterocycles.